The number of nitrogens with one attached hydrogen (secondary N) is 2. The first-order valence-corrected chi connectivity index (χ1v) is 8.47. The normalized spacial score (nSPS) is 11.7. The minimum absolute atomic E-state index is 0.0767. The summed E-state index contributed by atoms with van der Waals surface area (Å²) in [6, 6.07) is 11.5. The van der Waals surface area contributed by atoms with Crippen molar-refractivity contribution in [3.05, 3.63) is 59.9 Å². The number of H-pyrrole nitrogens is 1. The van der Waals surface area contributed by atoms with Crippen LogP contribution in [0.1, 0.15) is 22.8 Å². The second kappa shape index (κ2) is 5.94. The number of hydrogen-bond acceptors (Lipinski definition) is 4. The molecule has 0 unspecified atom stereocenters. The van der Waals surface area contributed by atoms with E-state index >= 15 is 0 Å². The fraction of sp³-hybridized carbons (Fsp3) is 0.125. The average molecular weight is 329 g/mol. The second-order valence-corrected chi connectivity index (χ2v) is 6.93. The maximum Gasteiger partial charge on any atom is 0.240 e. The van der Waals surface area contributed by atoms with Crippen LogP contribution >= 0.6 is 0 Å². The number of imidazole rings is 1. The molecule has 6 nitrogen and oxygen atoms in total. The Bertz CT molecular complexity index is 977. The highest BCUT2D eigenvalue weighted by Crippen LogP contribution is 2.15. The van der Waals surface area contributed by atoms with Gasteiger partial charge in [0.1, 0.15) is 0 Å². The minimum Gasteiger partial charge on any atom is -0.345 e. The van der Waals surface area contributed by atoms with Crippen LogP contribution in [0, 0.1) is 0 Å². The van der Waals surface area contributed by atoms with Gasteiger partial charge in [-0.2, -0.15) is 0 Å². The molecule has 0 atom stereocenters. The number of Topliss-reactive ketones (excluding diaryl/α,β-unsaturated/α-hetero) is 1. The van der Waals surface area contributed by atoms with Crippen LogP contribution in [-0.2, 0) is 16.6 Å². The largest absolute Gasteiger partial charge is 0.345 e. The van der Waals surface area contributed by atoms with Crippen molar-refractivity contribution in [1.82, 2.24) is 14.7 Å². The van der Waals surface area contributed by atoms with Gasteiger partial charge in [-0.05, 0) is 36.8 Å². The number of fused-ring (bicyclic) bond motifs is 1. The zero-order valence-electron chi connectivity index (χ0n) is 12.4. The maximum absolute atomic E-state index is 12.4. The van der Waals surface area contributed by atoms with Gasteiger partial charge in [-0.1, -0.05) is 18.2 Å². The minimum atomic E-state index is -3.68. The molecule has 0 bridgehead atoms. The fourth-order valence-corrected chi connectivity index (χ4v) is 3.30. The van der Waals surface area contributed by atoms with Crippen LogP contribution in [0.2, 0.25) is 0 Å². The number of benzene rings is 2. The van der Waals surface area contributed by atoms with Crippen molar-refractivity contribution >= 4 is 26.8 Å². The third-order valence-corrected chi connectivity index (χ3v) is 4.90. The topological polar surface area (TPSA) is 91.9 Å². The standard InChI is InChI=1S/C16H15N3O3S/c1-11(20)13-3-2-4-14(8-13)23(21,22)19-9-12-5-6-15-16(7-12)18-10-17-15/h2-8,10,19H,9H2,1H3,(H,17,18). The summed E-state index contributed by atoms with van der Waals surface area (Å²) in [4.78, 5) is 18.6. The number of rotatable bonds is 5. The highest BCUT2D eigenvalue weighted by Gasteiger charge is 2.15. The van der Waals surface area contributed by atoms with Crippen molar-refractivity contribution in [1.29, 1.82) is 0 Å². The van der Waals surface area contributed by atoms with Crippen molar-refractivity contribution in [2.24, 2.45) is 0 Å². The fourth-order valence-electron chi connectivity index (χ4n) is 2.24. The Morgan fingerprint density at radius 3 is 2.83 bits per heavy atom. The Morgan fingerprint density at radius 1 is 1.22 bits per heavy atom. The first kappa shape index (κ1) is 15.4. The number of hydrogen-bond donors (Lipinski definition) is 2. The van der Waals surface area contributed by atoms with Crippen molar-refractivity contribution < 1.29 is 13.2 Å². The summed E-state index contributed by atoms with van der Waals surface area (Å²) in [6.07, 6.45) is 1.59. The molecule has 0 spiro atoms. The average Bonchev–Trinajstić information content (AvgIpc) is 3.01. The monoisotopic (exact) mass is 329 g/mol. The van der Waals surface area contributed by atoms with Crippen LogP contribution in [-0.4, -0.2) is 24.2 Å². The van der Waals surface area contributed by atoms with E-state index < -0.39 is 10.0 Å². The Hall–Kier alpha value is -2.51. The van der Waals surface area contributed by atoms with Crippen LogP contribution in [0.4, 0.5) is 0 Å². The van der Waals surface area contributed by atoms with E-state index in [1.165, 1.54) is 19.1 Å². The molecule has 3 rings (SSSR count). The number of ketones is 1. The van der Waals surface area contributed by atoms with E-state index in [9.17, 15) is 13.2 Å². The quantitative estimate of drug-likeness (QED) is 0.702. The van der Waals surface area contributed by atoms with Gasteiger partial charge in [0, 0.05) is 12.1 Å². The van der Waals surface area contributed by atoms with E-state index in [-0.39, 0.29) is 17.2 Å². The number of aromatic amines is 1. The molecule has 2 N–H and O–H groups in total. The van der Waals surface area contributed by atoms with Crippen molar-refractivity contribution in [2.75, 3.05) is 0 Å². The summed E-state index contributed by atoms with van der Waals surface area (Å²) in [6.45, 7) is 1.56. The van der Waals surface area contributed by atoms with Gasteiger partial charge < -0.3 is 4.98 Å². The molecule has 0 radical (unpaired) electrons. The molecule has 0 aliphatic rings. The predicted octanol–water partition coefficient (Wildman–Crippen LogP) is 2.24. The maximum atomic E-state index is 12.4. The van der Waals surface area contributed by atoms with Crippen molar-refractivity contribution in [2.45, 2.75) is 18.4 Å². The Labute approximate surface area is 133 Å². The summed E-state index contributed by atoms with van der Waals surface area (Å²) >= 11 is 0. The third-order valence-electron chi connectivity index (χ3n) is 3.50. The summed E-state index contributed by atoms with van der Waals surface area (Å²) < 4.78 is 27.2. The van der Waals surface area contributed by atoms with Gasteiger partial charge in [0.25, 0.3) is 0 Å². The van der Waals surface area contributed by atoms with Crippen molar-refractivity contribution in [3.63, 3.8) is 0 Å². The molecule has 3 aromatic rings. The molecule has 0 saturated carbocycles. The zero-order valence-corrected chi connectivity index (χ0v) is 13.2. The van der Waals surface area contributed by atoms with Gasteiger partial charge in [-0.3, -0.25) is 4.79 Å². The van der Waals surface area contributed by atoms with E-state index in [1.807, 2.05) is 18.2 Å². The van der Waals surface area contributed by atoms with Gasteiger partial charge in [0.2, 0.25) is 10.0 Å². The molecule has 0 amide bonds. The molecule has 118 valence electrons. The molecule has 23 heavy (non-hydrogen) atoms. The molecular weight excluding hydrogens is 314 g/mol. The molecule has 1 aromatic heterocycles. The smallest absolute Gasteiger partial charge is 0.240 e. The number of nitrogens with zero attached hydrogens (tertiary/aromatic N) is 1. The Balaban J connectivity index is 1.80. The van der Waals surface area contributed by atoms with E-state index in [1.54, 1.807) is 18.5 Å². The van der Waals surface area contributed by atoms with Crippen LogP contribution < -0.4 is 4.72 Å². The van der Waals surface area contributed by atoms with Crippen LogP contribution in [0.25, 0.3) is 11.0 Å². The van der Waals surface area contributed by atoms with E-state index in [0.717, 1.165) is 16.6 Å². The zero-order chi connectivity index (χ0) is 16.4. The molecule has 7 heteroatoms. The molecule has 0 saturated heterocycles. The van der Waals surface area contributed by atoms with Crippen LogP contribution in [0.15, 0.2) is 53.7 Å². The molecule has 0 aliphatic carbocycles. The lowest BCUT2D eigenvalue weighted by atomic mass is 10.2. The summed E-state index contributed by atoms with van der Waals surface area (Å²) in [7, 11) is -3.68. The molecule has 0 fully saturated rings. The SMILES string of the molecule is CC(=O)c1cccc(S(=O)(=O)NCc2ccc3nc[nH]c3c2)c1. The Morgan fingerprint density at radius 2 is 2.04 bits per heavy atom. The van der Waals surface area contributed by atoms with Crippen molar-refractivity contribution in [3.8, 4) is 0 Å². The summed E-state index contributed by atoms with van der Waals surface area (Å²) in [5, 5.41) is 0. The number of carbonyl (C=O) groups is 1. The summed E-state index contributed by atoms with van der Waals surface area (Å²) in [5.74, 6) is -0.174. The highest BCUT2D eigenvalue weighted by atomic mass is 32.2. The van der Waals surface area contributed by atoms with Gasteiger partial charge in [0.15, 0.2) is 5.78 Å². The van der Waals surface area contributed by atoms with Gasteiger partial charge in [-0.15, -0.1) is 0 Å². The lowest BCUT2D eigenvalue weighted by Gasteiger charge is -2.08. The third kappa shape index (κ3) is 3.30. The van der Waals surface area contributed by atoms with E-state index in [2.05, 4.69) is 14.7 Å². The lowest BCUT2D eigenvalue weighted by molar-refractivity contribution is 0.101. The first-order chi connectivity index (χ1) is 11.0. The molecule has 1 heterocycles. The molecular formula is C16H15N3O3S. The lowest BCUT2D eigenvalue weighted by Crippen LogP contribution is -2.23. The van der Waals surface area contributed by atoms with Crippen LogP contribution in [0.5, 0.6) is 0 Å². The molecule has 2 aromatic carbocycles. The van der Waals surface area contributed by atoms with Gasteiger partial charge in [-0.25, -0.2) is 18.1 Å². The number of carbonyl (C=O) groups excluding carboxylic acids is 1. The predicted molar refractivity (Wildman–Crippen MR) is 86.6 cm³/mol. The van der Waals surface area contributed by atoms with Crippen LogP contribution in [0.3, 0.4) is 0 Å². The first-order valence-electron chi connectivity index (χ1n) is 6.98. The van der Waals surface area contributed by atoms with Gasteiger partial charge >= 0.3 is 0 Å². The molecule has 0 aliphatic heterocycles. The Kier molecular flexibility index (Phi) is 3.97. The van der Waals surface area contributed by atoms with Gasteiger partial charge in [0.05, 0.1) is 22.3 Å². The highest BCUT2D eigenvalue weighted by molar-refractivity contribution is 7.89. The van der Waals surface area contributed by atoms with E-state index in [0.29, 0.717) is 5.56 Å². The number of sulfonamides is 1. The number of aromatic nitrogens is 2. The summed E-state index contributed by atoms with van der Waals surface area (Å²) in [5.41, 5.74) is 2.85. The van der Waals surface area contributed by atoms with E-state index in [4.69, 9.17) is 0 Å². The second-order valence-electron chi connectivity index (χ2n) is 5.16.